The number of anilines is 3. The Morgan fingerprint density at radius 2 is 1.74 bits per heavy atom. The first kappa shape index (κ1) is 20.2. The Hall–Kier alpha value is -4.07. The van der Waals surface area contributed by atoms with Crippen molar-refractivity contribution in [3.8, 4) is 11.3 Å². The topological polar surface area (TPSA) is 116 Å². The van der Waals surface area contributed by atoms with E-state index < -0.39 is 5.97 Å². The van der Waals surface area contributed by atoms with Crippen LogP contribution in [0.2, 0.25) is 0 Å². The fourth-order valence-corrected chi connectivity index (χ4v) is 3.29. The highest BCUT2D eigenvalue weighted by atomic mass is 16.5. The number of nitrogens with one attached hydrogen (secondary N) is 1. The first-order valence-corrected chi connectivity index (χ1v) is 9.88. The van der Waals surface area contributed by atoms with Gasteiger partial charge in [-0.1, -0.05) is 42.0 Å². The summed E-state index contributed by atoms with van der Waals surface area (Å²) in [5.74, 6) is -0.0204. The Bertz CT molecular complexity index is 1270. The number of nitrogens with zero attached hydrogens (tertiary/aromatic N) is 4. The van der Waals surface area contributed by atoms with Gasteiger partial charge in [-0.25, -0.2) is 19.7 Å². The number of benzene rings is 2. The number of rotatable bonds is 5. The maximum absolute atomic E-state index is 12.5. The van der Waals surface area contributed by atoms with Crippen LogP contribution in [0.4, 0.5) is 17.7 Å². The van der Waals surface area contributed by atoms with Gasteiger partial charge in [0.1, 0.15) is 11.4 Å². The summed E-state index contributed by atoms with van der Waals surface area (Å²) in [7, 11) is 0. The van der Waals surface area contributed by atoms with Crippen molar-refractivity contribution in [3.05, 3.63) is 65.4 Å². The van der Waals surface area contributed by atoms with E-state index in [0.29, 0.717) is 17.2 Å². The van der Waals surface area contributed by atoms with Crippen LogP contribution in [0, 0.1) is 13.8 Å². The van der Waals surface area contributed by atoms with Gasteiger partial charge in [-0.3, -0.25) is 5.32 Å². The number of aryl methyl sites for hydroxylation is 2. The predicted molar refractivity (Wildman–Crippen MR) is 120 cm³/mol. The average Bonchev–Trinajstić information content (AvgIpc) is 2.74. The molecule has 0 bridgehead atoms. The lowest BCUT2D eigenvalue weighted by atomic mass is 10.1. The molecule has 0 fully saturated rings. The zero-order chi connectivity index (χ0) is 22.0. The van der Waals surface area contributed by atoms with Crippen molar-refractivity contribution >= 4 is 34.6 Å². The van der Waals surface area contributed by atoms with Gasteiger partial charge in [-0.15, -0.1) is 0 Å². The molecule has 0 saturated carbocycles. The number of esters is 1. The molecule has 4 aromatic rings. The number of carbonyl (C=O) groups excluding carboxylic acids is 1. The third-order valence-corrected chi connectivity index (χ3v) is 4.73. The third kappa shape index (κ3) is 4.13. The zero-order valence-electron chi connectivity index (χ0n) is 17.5. The Morgan fingerprint density at radius 3 is 2.48 bits per heavy atom. The predicted octanol–water partition coefficient (Wildman–Crippen LogP) is 4.21. The number of hydrogen-bond donors (Lipinski definition) is 2. The maximum atomic E-state index is 12.5. The molecule has 0 aliphatic carbocycles. The summed E-state index contributed by atoms with van der Waals surface area (Å²) >= 11 is 0. The number of fused-ring (bicyclic) bond motifs is 1. The molecule has 0 unspecified atom stereocenters. The molecule has 0 amide bonds. The highest BCUT2D eigenvalue weighted by molar-refractivity contribution is 6.00. The van der Waals surface area contributed by atoms with E-state index in [1.54, 1.807) is 6.92 Å². The minimum Gasteiger partial charge on any atom is -0.462 e. The van der Waals surface area contributed by atoms with Crippen molar-refractivity contribution in [1.29, 1.82) is 0 Å². The number of nitrogens with two attached hydrogens (primary N) is 1. The molecule has 2 heterocycles. The zero-order valence-corrected chi connectivity index (χ0v) is 17.5. The Labute approximate surface area is 179 Å². The molecule has 8 heteroatoms. The van der Waals surface area contributed by atoms with Crippen LogP contribution in [-0.2, 0) is 4.74 Å². The molecule has 0 saturated heterocycles. The van der Waals surface area contributed by atoms with Crippen LogP contribution in [0.3, 0.4) is 0 Å². The molecule has 0 atom stereocenters. The summed E-state index contributed by atoms with van der Waals surface area (Å²) in [4.78, 5) is 30.4. The molecule has 0 radical (unpaired) electrons. The van der Waals surface area contributed by atoms with Crippen LogP contribution >= 0.6 is 0 Å². The summed E-state index contributed by atoms with van der Waals surface area (Å²) in [5, 5.41) is 4.00. The molecule has 3 N–H and O–H groups in total. The van der Waals surface area contributed by atoms with Gasteiger partial charge in [0.05, 0.1) is 23.5 Å². The minimum absolute atomic E-state index is 0.0166. The standard InChI is InChI=1S/C23H22N6O2/c1-4-31-21(30)18-19(15-8-6-5-7-9-15)27-23(28-20(18)24)29-22-25-14(3)16-12-13(2)10-11-17(16)26-22/h5-12H,4H2,1-3H3,(H3,24,25,26,27,28,29). The van der Waals surface area contributed by atoms with Crippen LogP contribution in [0.5, 0.6) is 0 Å². The van der Waals surface area contributed by atoms with Crippen LogP contribution < -0.4 is 11.1 Å². The highest BCUT2D eigenvalue weighted by Gasteiger charge is 2.22. The summed E-state index contributed by atoms with van der Waals surface area (Å²) in [5.41, 5.74) is 10.1. The lowest BCUT2D eigenvalue weighted by Crippen LogP contribution is -2.14. The lowest BCUT2D eigenvalue weighted by Gasteiger charge is -2.13. The number of carbonyl (C=O) groups is 1. The van der Waals surface area contributed by atoms with E-state index in [4.69, 9.17) is 10.5 Å². The van der Waals surface area contributed by atoms with E-state index >= 15 is 0 Å². The average molecular weight is 414 g/mol. The molecule has 2 aromatic carbocycles. The molecule has 156 valence electrons. The second kappa shape index (κ2) is 8.35. The van der Waals surface area contributed by atoms with Crippen LogP contribution in [0.1, 0.15) is 28.5 Å². The van der Waals surface area contributed by atoms with Crippen LogP contribution in [-0.4, -0.2) is 32.5 Å². The van der Waals surface area contributed by atoms with E-state index in [-0.39, 0.29) is 23.9 Å². The molecule has 31 heavy (non-hydrogen) atoms. The number of nitrogen functional groups attached to an aromatic ring is 1. The number of hydrogen-bond acceptors (Lipinski definition) is 8. The quantitative estimate of drug-likeness (QED) is 0.467. The van der Waals surface area contributed by atoms with Crippen molar-refractivity contribution in [2.45, 2.75) is 20.8 Å². The molecule has 2 aromatic heterocycles. The maximum Gasteiger partial charge on any atom is 0.344 e. The van der Waals surface area contributed by atoms with Gasteiger partial charge in [0.15, 0.2) is 0 Å². The number of ether oxygens (including phenoxy) is 1. The second-order valence-corrected chi connectivity index (χ2v) is 7.02. The monoisotopic (exact) mass is 414 g/mol. The van der Waals surface area contributed by atoms with Gasteiger partial charge in [0.2, 0.25) is 11.9 Å². The smallest absolute Gasteiger partial charge is 0.344 e. The van der Waals surface area contributed by atoms with Crippen molar-refractivity contribution in [2.24, 2.45) is 0 Å². The van der Waals surface area contributed by atoms with Gasteiger partial charge < -0.3 is 10.5 Å². The molecular formula is C23H22N6O2. The van der Waals surface area contributed by atoms with Gasteiger partial charge in [0, 0.05) is 10.9 Å². The lowest BCUT2D eigenvalue weighted by molar-refractivity contribution is 0.0528. The van der Waals surface area contributed by atoms with Crippen LogP contribution in [0.15, 0.2) is 48.5 Å². The fourth-order valence-electron chi connectivity index (χ4n) is 3.29. The summed E-state index contributed by atoms with van der Waals surface area (Å²) in [6.07, 6.45) is 0. The van der Waals surface area contributed by atoms with Crippen LogP contribution in [0.25, 0.3) is 22.2 Å². The summed E-state index contributed by atoms with van der Waals surface area (Å²) in [6, 6.07) is 15.3. The summed E-state index contributed by atoms with van der Waals surface area (Å²) in [6.45, 7) is 5.89. The fraction of sp³-hybridized carbons (Fsp3) is 0.174. The van der Waals surface area contributed by atoms with Crippen molar-refractivity contribution in [1.82, 2.24) is 19.9 Å². The van der Waals surface area contributed by atoms with Gasteiger partial charge >= 0.3 is 5.97 Å². The highest BCUT2D eigenvalue weighted by Crippen LogP contribution is 2.28. The van der Waals surface area contributed by atoms with E-state index in [1.807, 2.05) is 62.4 Å². The summed E-state index contributed by atoms with van der Waals surface area (Å²) < 4.78 is 5.16. The normalized spacial score (nSPS) is 10.8. The third-order valence-electron chi connectivity index (χ3n) is 4.73. The van der Waals surface area contributed by atoms with Gasteiger partial charge in [-0.05, 0) is 32.9 Å². The Kier molecular flexibility index (Phi) is 5.44. The SMILES string of the molecule is CCOC(=O)c1c(N)nc(Nc2nc(C)c3cc(C)ccc3n2)nc1-c1ccccc1. The van der Waals surface area contributed by atoms with Gasteiger partial charge in [-0.2, -0.15) is 4.98 Å². The van der Waals surface area contributed by atoms with Crippen molar-refractivity contribution in [2.75, 3.05) is 17.7 Å². The largest absolute Gasteiger partial charge is 0.462 e. The molecule has 4 rings (SSSR count). The molecule has 0 aliphatic rings. The minimum atomic E-state index is -0.571. The van der Waals surface area contributed by atoms with E-state index in [0.717, 1.165) is 22.2 Å². The van der Waals surface area contributed by atoms with E-state index in [1.165, 1.54) is 0 Å². The van der Waals surface area contributed by atoms with E-state index in [2.05, 4.69) is 25.3 Å². The first-order valence-electron chi connectivity index (χ1n) is 9.88. The van der Waals surface area contributed by atoms with E-state index in [9.17, 15) is 4.79 Å². The number of aromatic nitrogens is 4. The second-order valence-electron chi connectivity index (χ2n) is 7.02. The van der Waals surface area contributed by atoms with Gasteiger partial charge in [0.25, 0.3) is 0 Å². The Morgan fingerprint density at radius 1 is 1.00 bits per heavy atom. The Balaban J connectivity index is 1.79. The molecular weight excluding hydrogens is 392 g/mol. The molecule has 0 spiro atoms. The van der Waals surface area contributed by atoms with Crippen molar-refractivity contribution < 1.29 is 9.53 Å². The molecule has 0 aliphatic heterocycles. The van der Waals surface area contributed by atoms with Crippen molar-refractivity contribution in [3.63, 3.8) is 0 Å². The molecule has 8 nitrogen and oxygen atoms in total. The first-order chi connectivity index (χ1) is 15.0.